The summed E-state index contributed by atoms with van der Waals surface area (Å²) in [6.45, 7) is 6.13. The number of likely N-dealkylation sites (tertiary alicyclic amines) is 1. The SMILES string of the molecule is CCn1c(C)cc(O)c([C@H](c2ccc(OC)c(OC)c2)N2CCCCC2)c1=O. The molecule has 0 radical (unpaired) electrons. The van der Waals surface area contributed by atoms with E-state index in [-0.39, 0.29) is 17.4 Å². The van der Waals surface area contributed by atoms with Crippen molar-refractivity contribution in [1.82, 2.24) is 9.47 Å². The van der Waals surface area contributed by atoms with E-state index >= 15 is 0 Å². The molecule has 6 heteroatoms. The summed E-state index contributed by atoms with van der Waals surface area (Å²) in [5, 5.41) is 10.8. The van der Waals surface area contributed by atoms with Crippen molar-refractivity contribution in [3.05, 3.63) is 51.4 Å². The summed E-state index contributed by atoms with van der Waals surface area (Å²) in [4.78, 5) is 15.6. The van der Waals surface area contributed by atoms with E-state index in [4.69, 9.17) is 9.47 Å². The number of hydrogen-bond acceptors (Lipinski definition) is 5. The van der Waals surface area contributed by atoms with Gasteiger partial charge in [-0.1, -0.05) is 12.5 Å². The van der Waals surface area contributed by atoms with Crippen LogP contribution < -0.4 is 15.0 Å². The number of piperidine rings is 1. The Kier molecular flexibility index (Phi) is 6.29. The van der Waals surface area contributed by atoms with Gasteiger partial charge in [-0.25, -0.2) is 0 Å². The molecule has 6 nitrogen and oxygen atoms in total. The van der Waals surface area contributed by atoms with E-state index in [2.05, 4.69) is 4.90 Å². The average Bonchev–Trinajstić information content (AvgIpc) is 2.71. The van der Waals surface area contributed by atoms with Gasteiger partial charge >= 0.3 is 0 Å². The van der Waals surface area contributed by atoms with E-state index in [9.17, 15) is 9.90 Å². The molecule has 0 spiro atoms. The molecule has 28 heavy (non-hydrogen) atoms. The second-order valence-corrected chi connectivity index (χ2v) is 7.25. The summed E-state index contributed by atoms with van der Waals surface area (Å²) in [5.41, 5.74) is 1.98. The van der Waals surface area contributed by atoms with Gasteiger partial charge in [0.15, 0.2) is 11.5 Å². The zero-order valence-corrected chi connectivity index (χ0v) is 17.2. The van der Waals surface area contributed by atoms with Crippen LogP contribution in [0.1, 0.15) is 49.0 Å². The van der Waals surface area contributed by atoms with Crippen LogP contribution in [0.3, 0.4) is 0 Å². The molecule has 0 aliphatic carbocycles. The van der Waals surface area contributed by atoms with Crippen molar-refractivity contribution < 1.29 is 14.6 Å². The van der Waals surface area contributed by atoms with Gasteiger partial charge in [0.1, 0.15) is 5.75 Å². The third-order valence-electron chi connectivity index (χ3n) is 5.59. The molecular weight excluding hydrogens is 356 g/mol. The third kappa shape index (κ3) is 3.74. The molecule has 0 amide bonds. The van der Waals surface area contributed by atoms with Crippen LogP contribution in [-0.4, -0.2) is 41.9 Å². The molecule has 2 heterocycles. The number of rotatable bonds is 6. The van der Waals surface area contributed by atoms with Gasteiger partial charge in [-0.05, 0) is 63.5 Å². The van der Waals surface area contributed by atoms with Crippen LogP contribution in [0.15, 0.2) is 29.1 Å². The number of aryl methyl sites for hydroxylation is 1. The Balaban J connectivity index is 2.21. The molecule has 1 aliphatic heterocycles. The largest absolute Gasteiger partial charge is 0.507 e. The molecule has 0 unspecified atom stereocenters. The number of pyridine rings is 1. The first kappa shape index (κ1) is 20.3. The topological polar surface area (TPSA) is 63.9 Å². The van der Waals surface area contributed by atoms with Gasteiger partial charge in [0.25, 0.3) is 5.56 Å². The van der Waals surface area contributed by atoms with Crippen LogP contribution >= 0.6 is 0 Å². The Morgan fingerprint density at radius 1 is 1.07 bits per heavy atom. The zero-order chi connectivity index (χ0) is 20.3. The maximum absolute atomic E-state index is 13.3. The van der Waals surface area contributed by atoms with E-state index < -0.39 is 0 Å². The van der Waals surface area contributed by atoms with Crippen LogP contribution in [0, 0.1) is 6.92 Å². The van der Waals surface area contributed by atoms with Crippen LogP contribution in [0.25, 0.3) is 0 Å². The zero-order valence-electron chi connectivity index (χ0n) is 17.2. The summed E-state index contributed by atoms with van der Waals surface area (Å²) in [6, 6.07) is 7.08. The maximum Gasteiger partial charge on any atom is 0.259 e. The summed E-state index contributed by atoms with van der Waals surface area (Å²) >= 11 is 0. The number of hydrogen-bond donors (Lipinski definition) is 1. The highest BCUT2D eigenvalue weighted by Gasteiger charge is 2.30. The number of ether oxygens (including phenoxy) is 2. The number of methoxy groups -OCH3 is 2. The third-order valence-corrected chi connectivity index (χ3v) is 5.59. The average molecular weight is 386 g/mol. The van der Waals surface area contributed by atoms with Crippen molar-refractivity contribution in [3.8, 4) is 17.2 Å². The lowest BCUT2D eigenvalue weighted by atomic mass is 9.94. The van der Waals surface area contributed by atoms with Crippen molar-refractivity contribution in [2.75, 3.05) is 27.3 Å². The Bertz CT molecular complexity index is 885. The monoisotopic (exact) mass is 386 g/mol. The van der Waals surface area contributed by atoms with Crippen LogP contribution in [-0.2, 0) is 6.54 Å². The lowest BCUT2D eigenvalue weighted by Gasteiger charge is -2.35. The fraction of sp³-hybridized carbons (Fsp3) is 0.500. The minimum atomic E-state index is -0.328. The van der Waals surface area contributed by atoms with E-state index in [0.717, 1.165) is 37.2 Å². The van der Waals surface area contributed by atoms with E-state index in [1.54, 1.807) is 24.9 Å². The molecule has 1 aromatic heterocycles. The highest BCUT2D eigenvalue weighted by Crippen LogP contribution is 2.38. The molecular formula is C22H30N2O4. The molecule has 152 valence electrons. The molecule has 1 atom stereocenters. The van der Waals surface area contributed by atoms with E-state index in [0.29, 0.717) is 23.6 Å². The van der Waals surface area contributed by atoms with Crippen molar-refractivity contribution >= 4 is 0 Å². The lowest BCUT2D eigenvalue weighted by Crippen LogP contribution is -2.38. The van der Waals surface area contributed by atoms with Gasteiger partial charge in [-0.2, -0.15) is 0 Å². The molecule has 1 aromatic carbocycles. The van der Waals surface area contributed by atoms with Gasteiger partial charge in [0.2, 0.25) is 0 Å². The molecule has 0 saturated carbocycles. The number of aromatic nitrogens is 1. The Hall–Kier alpha value is -2.47. The number of nitrogens with zero attached hydrogens (tertiary/aromatic N) is 2. The van der Waals surface area contributed by atoms with E-state index in [1.807, 2.05) is 32.0 Å². The Labute approximate surface area is 166 Å². The summed E-state index contributed by atoms with van der Waals surface area (Å²) < 4.78 is 12.6. The van der Waals surface area contributed by atoms with Crippen molar-refractivity contribution in [1.29, 1.82) is 0 Å². The predicted octanol–water partition coefficient (Wildman–Crippen LogP) is 3.47. The maximum atomic E-state index is 13.3. The lowest BCUT2D eigenvalue weighted by molar-refractivity contribution is 0.183. The first-order chi connectivity index (χ1) is 13.5. The van der Waals surface area contributed by atoms with Gasteiger partial charge in [-0.3, -0.25) is 9.69 Å². The predicted molar refractivity (Wildman–Crippen MR) is 110 cm³/mol. The van der Waals surface area contributed by atoms with Crippen LogP contribution in [0.4, 0.5) is 0 Å². The normalized spacial score (nSPS) is 16.0. The number of benzene rings is 1. The minimum absolute atomic E-state index is 0.0533. The molecule has 1 N–H and O–H groups in total. The second kappa shape index (κ2) is 8.69. The molecule has 1 aliphatic rings. The van der Waals surface area contributed by atoms with Crippen molar-refractivity contribution in [3.63, 3.8) is 0 Å². The molecule has 3 rings (SSSR count). The van der Waals surface area contributed by atoms with Gasteiger partial charge < -0.3 is 19.1 Å². The Morgan fingerprint density at radius 3 is 2.36 bits per heavy atom. The highest BCUT2D eigenvalue weighted by atomic mass is 16.5. The van der Waals surface area contributed by atoms with Gasteiger partial charge in [0, 0.05) is 12.2 Å². The fourth-order valence-corrected chi connectivity index (χ4v) is 4.18. The first-order valence-electron chi connectivity index (χ1n) is 9.91. The summed E-state index contributed by atoms with van der Waals surface area (Å²) in [6.07, 6.45) is 3.35. The number of aromatic hydroxyl groups is 1. The summed E-state index contributed by atoms with van der Waals surface area (Å²) in [5.74, 6) is 1.31. The highest BCUT2D eigenvalue weighted by molar-refractivity contribution is 5.48. The van der Waals surface area contributed by atoms with Crippen LogP contribution in [0.5, 0.6) is 17.2 Å². The smallest absolute Gasteiger partial charge is 0.259 e. The van der Waals surface area contributed by atoms with Gasteiger partial charge in [-0.15, -0.1) is 0 Å². The molecule has 1 saturated heterocycles. The quantitative estimate of drug-likeness (QED) is 0.824. The van der Waals surface area contributed by atoms with E-state index in [1.165, 1.54) is 6.42 Å². The van der Waals surface area contributed by atoms with Crippen molar-refractivity contribution in [2.45, 2.75) is 45.7 Å². The van der Waals surface area contributed by atoms with Crippen molar-refractivity contribution in [2.24, 2.45) is 0 Å². The molecule has 2 aromatic rings. The molecule has 0 bridgehead atoms. The summed E-state index contributed by atoms with van der Waals surface area (Å²) in [7, 11) is 3.20. The second-order valence-electron chi connectivity index (χ2n) is 7.25. The molecule has 1 fully saturated rings. The van der Waals surface area contributed by atoms with Crippen LogP contribution in [0.2, 0.25) is 0 Å². The first-order valence-corrected chi connectivity index (χ1v) is 9.91. The van der Waals surface area contributed by atoms with Gasteiger partial charge in [0.05, 0.1) is 25.8 Å². The fourth-order valence-electron chi connectivity index (χ4n) is 4.18. The Morgan fingerprint density at radius 2 is 1.75 bits per heavy atom. The minimum Gasteiger partial charge on any atom is -0.507 e. The standard InChI is InChI=1S/C22H30N2O4/c1-5-24-15(2)13-17(25)20(22(24)26)21(23-11-7-6-8-12-23)16-9-10-18(27-3)19(14-16)28-4/h9-10,13-14,21,25H,5-8,11-12H2,1-4H3/t21-/m0/s1.